The summed E-state index contributed by atoms with van der Waals surface area (Å²) in [6.07, 6.45) is -0.138. The number of alkyl halides is 3. The maximum absolute atomic E-state index is 12.2. The highest BCUT2D eigenvalue weighted by Gasteiger charge is 2.36. The molecule has 120 valence electrons. The highest BCUT2D eigenvalue weighted by molar-refractivity contribution is 6.67. The van der Waals surface area contributed by atoms with Crippen molar-refractivity contribution in [2.24, 2.45) is 0 Å². The van der Waals surface area contributed by atoms with E-state index in [2.05, 4.69) is 0 Å². The minimum absolute atomic E-state index is 0.314. The van der Waals surface area contributed by atoms with Crippen LogP contribution in [0.25, 0.3) is 0 Å². The molecule has 0 aromatic heterocycles. The minimum Gasteiger partial charge on any atom is -0.445 e. The zero-order chi connectivity index (χ0) is 16.3. The first kappa shape index (κ1) is 17.1. The molecule has 1 aliphatic rings. The van der Waals surface area contributed by atoms with Gasteiger partial charge in [-0.3, -0.25) is 15.0 Å². The maximum atomic E-state index is 12.2. The molecule has 0 aliphatic carbocycles. The molecule has 0 saturated heterocycles. The van der Waals surface area contributed by atoms with E-state index >= 15 is 0 Å². The van der Waals surface area contributed by atoms with E-state index in [0.29, 0.717) is 13.0 Å². The number of carbonyl (C=O) groups is 1. The summed E-state index contributed by atoms with van der Waals surface area (Å²) in [5, 5.41) is 10.9. The number of halogens is 3. The van der Waals surface area contributed by atoms with Crippen molar-refractivity contribution in [2.75, 3.05) is 19.7 Å². The highest BCUT2D eigenvalue weighted by atomic mass is 35.6. The first-order chi connectivity index (χ1) is 10.3. The first-order valence-corrected chi connectivity index (χ1v) is 7.61. The van der Waals surface area contributed by atoms with Gasteiger partial charge in [-0.05, 0) is 17.5 Å². The summed E-state index contributed by atoms with van der Waals surface area (Å²) in [4.78, 5) is 23.9. The van der Waals surface area contributed by atoms with Gasteiger partial charge in [-0.2, -0.15) is 0 Å². The molecule has 0 saturated carbocycles. The van der Waals surface area contributed by atoms with Gasteiger partial charge in [0, 0.05) is 11.5 Å². The Labute approximate surface area is 142 Å². The van der Waals surface area contributed by atoms with Gasteiger partial charge in [-0.1, -0.05) is 59.1 Å². The van der Waals surface area contributed by atoms with Crippen molar-refractivity contribution in [3.05, 3.63) is 45.5 Å². The van der Waals surface area contributed by atoms with E-state index in [1.54, 1.807) is 12.1 Å². The van der Waals surface area contributed by atoms with Crippen LogP contribution in [0, 0.1) is 10.1 Å². The molecule has 1 unspecified atom stereocenters. The minimum atomic E-state index is -1.72. The highest BCUT2D eigenvalue weighted by Crippen LogP contribution is 2.31. The molecule has 0 fully saturated rings. The number of hydrogen-bond donors (Lipinski definition) is 0. The Morgan fingerprint density at radius 1 is 1.41 bits per heavy atom. The fraction of sp³-hybridized carbons (Fsp3) is 0.462. The Hall–Kier alpha value is -1.24. The third-order valence-corrected chi connectivity index (χ3v) is 3.66. The molecular formula is C13H13Cl3N2O4. The van der Waals surface area contributed by atoms with Crippen LogP contribution in [-0.4, -0.2) is 39.4 Å². The van der Waals surface area contributed by atoms with Crippen molar-refractivity contribution in [1.82, 2.24) is 4.90 Å². The van der Waals surface area contributed by atoms with Crippen LogP contribution in [0.3, 0.4) is 0 Å². The molecule has 1 heterocycles. The van der Waals surface area contributed by atoms with E-state index in [0.717, 1.165) is 11.1 Å². The fourth-order valence-electron chi connectivity index (χ4n) is 2.43. The summed E-state index contributed by atoms with van der Waals surface area (Å²) in [6.45, 7) is -0.506. The second-order valence-electron chi connectivity index (χ2n) is 4.84. The summed E-state index contributed by atoms with van der Waals surface area (Å²) in [5.74, 6) is 0. The largest absolute Gasteiger partial charge is 0.445 e. The lowest BCUT2D eigenvalue weighted by Crippen LogP contribution is -2.43. The summed E-state index contributed by atoms with van der Waals surface area (Å²) in [6, 6.07) is 6.62. The monoisotopic (exact) mass is 366 g/mol. The maximum Gasteiger partial charge on any atom is 0.410 e. The predicted octanol–water partition coefficient (Wildman–Crippen LogP) is 3.37. The van der Waals surface area contributed by atoms with Crippen LogP contribution in [0.15, 0.2) is 24.3 Å². The average molecular weight is 368 g/mol. The molecule has 1 aromatic rings. The van der Waals surface area contributed by atoms with Gasteiger partial charge in [0.05, 0.1) is 0 Å². The molecular weight excluding hydrogens is 355 g/mol. The summed E-state index contributed by atoms with van der Waals surface area (Å²) >= 11 is 16.6. The summed E-state index contributed by atoms with van der Waals surface area (Å²) in [5.41, 5.74) is 1.73. The number of rotatable bonds is 3. The van der Waals surface area contributed by atoms with Gasteiger partial charge in [0.15, 0.2) is 0 Å². The summed E-state index contributed by atoms with van der Waals surface area (Å²) < 4.78 is 3.22. The Bertz CT molecular complexity index is 577. The van der Waals surface area contributed by atoms with Gasteiger partial charge < -0.3 is 4.74 Å². The molecule has 0 radical (unpaired) electrons. The molecule has 0 bridgehead atoms. The van der Waals surface area contributed by atoms with Gasteiger partial charge in [-0.15, -0.1) is 0 Å². The zero-order valence-electron chi connectivity index (χ0n) is 11.4. The van der Waals surface area contributed by atoms with E-state index in [-0.39, 0.29) is 0 Å². The first-order valence-electron chi connectivity index (χ1n) is 6.47. The van der Waals surface area contributed by atoms with Gasteiger partial charge >= 0.3 is 6.09 Å². The van der Waals surface area contributed by atoms with Crippen LogP contribution in [0.5, 0.6) is 0 Å². The topological polar surface area (TPSA) is 72.7 Å². The average Bonchev–Trinajstić information content (AvgIpc) is 2.44. The van der Waals surface area contributed by atoms with Crippen LogP contribution in [0.4, 0.5) is 4.79 Å². The number of hydrogen-bond acceptors (Lipinski definition) is 4. The van der Waals surface area contributed by atoms with E-state index in [1.807, 2.05) is 12.1 Å². The number of amides is 1. The van der Waals surface area contributed by atoms with Crippen LogP contribution in [0.1, 0.15) is 17.2 Å². The van der Waals surface area contributed by atoms with Crippen molar-refractivity contribution in [1.29, 1.82) is 0 Å². The molecule has 2 rings (SSSR count). The Morgan fingerprint density at radius 2 is 2.09 bits per heavy atom. The lowest BCUT2D eigenvalue weighted by atomic mass is 9.93. The number of nitrogens with zero attached hydrogens (tertiary/aromatic N) is 2. The van der Waals surface area contributed by atoms with Crippen LogP contribution < -0.4 is 0 Å². The molecule has 1 aliphatic heterocycles. The van der Waals surface area contributed by atoms with Gasteiger partial charge in [0.25, 0.3) is 0 Å². The Balaban J connectivity index is 2.19. The van der Waals surface area contributed by atoms with E-state index in [1.165, 1.54) is 4.90 Å². The molecule has 22 heavy (non-hydrogen) atoms. The van der Waals surface area contributed by atoms with Crippen LogP contribution in [-0.2, 0) is 11.2 Å². The third-order valence-electron chi connectivity index (χ3n) is 3.33. The molecule has 0 N–H and O–H groups in total. The number of nitro groups is 1. The van der Waals surface area contributed by atoms with E-state index < -0.39 is 34.0 Å². The second kappa shape index (κ2) is 6.89. The number of fused-ring (bicyclic) bond motifs is 1. The number of carbonyl (C=O) groups excluding carboxylic acids is 1. The van der Waals surface area contributed by atoms with E-state index in [4.69, 9.17) is 39.5 Å². The lowest BCUT2D eigenvalue weighted by molar-refractivity contribution is -0.487. The Morgan fingerprint density at radius 3 is 2.73 bits per heavy atom. The number of ether oxygens (including phenoxy) is 1. The van der Waals surface area contributed by atoms with Gasteiger partial charge in [-0.25, -0.2) is 4.79 Å². The predicted molar refractivity (Wildman–Crippen MR) is 83.1 cm³/mol. The zero-order valence-corrected chi connectivity index (χ0v) is 13.6. The van der Waals surface area contributed by atoms with Crippen molar-refractivity contribution in [3.63, 3.8) is 0 Å². The SMILES string of the molecule is O=C(OCC(Cl)(Cl)Cl)N1CCc2ccccc2C1C[N+](=O)[O-]. The van der Waals surface area contributed by atoms with Crippen LogP contribution in [0.2, 0.25) is 0 Å². The standard InChI is InChI=1S/C13H13Cl3N2O4/c14-13(15,16)8-22-12(19)17-6-5-9-3-1-2-4-10(9)11(17)7-18(20)21/h1-4,11H,5-8H2. The quantitative estimate of drug-likeness (QED) is 0.466. The molecule has 9 heteroatoms. The molecule has 1 amide bonds. The smallest absolute Gasteiger partial charge is 0.410 e. The third kappa shape index (κ3) is 4.38. The van der Waals surface area contributed by atoms with E-state index in [9.17, 15) is 14.9 Å². The second-order valence-corrected chi connectivity index (χ2v) is 7.36. The van der Waals surface area contributed by atoms with Gasteiger partial charge in [0.1, 0.15) is 12.6 Å². The van der Waals surface area contributed by atoms with Crippen molar-refractivity contribution in [3.8, 4) is 0 Å². The number of benzene rings is 1. The van der Waals surface area contributed by atoms with Crippen LogP contribution >= 0.6 is 34.8 Å². The molecule has 6 nitrogen and oxygen atoms in total. The van der Waals surface area contributed by atoms with Crippen molar-refractivity contribution >= 4 is 40.9 Å². The fourth-order valence-corrected chi connectivity index (χ4v) is 2.60. The Kier molecular flexibility index (Phi) is 5.36. The van der Waals surface area contributed by atoms with Crippen molar-refractivity contribution < 1.29 is 14.5 Å². The molecule has 0 spiro atoms. The summed E-state index contributed by atoms with van der Waals surface area (Å²) in [7, 11) is 0. The normalized spacial score (nSPS) is 17.8. The van der Waals surface area contributed by atoms with Crippen molar-refractivity contribution in [2.45, 2.75) is 16.3 Å². The lowest BCUT2D eigenvalue weighted by Gasteiger charge is -2.34. The molecule has 1 aromatic carbocycles. The molecule has 1 atom stereocenters. The van der Waals surface area contributed by atoms with Gasteiger partial charge in [0.2, 0.25) is 10.3 Å².